The van der Waals surface area contributed by atoms with Gasteiger partial charge in [0.05, 0.1) is 0 Å². The van der Waals surface area contributed by atoms with E-state index in [4.69, 9.17) is 4.52 Å². The first-order chi connectivity index (χ1) is 12.2. The fourth-order valence-electron chi connectivity index (χ4n) is 2.90. The van der Waals surface area contributed by atoms with Gasteiger partial charge >= 0.3 is 0 Å². The Kier molecular flexibility index (Phi) is 4.23. The van der Waals surface area contributed by atoms with E-state index in [9.17, 15) is 4.79 Å². The first-order valence-electron chi connectivity index (χ1n) is 7.94. The van der Waals surface area contributed by atoms with Gasteiger partial charge in [-0.1, -0.05) is 17.3 Å². The number of rotatable bonds is 4. The zero-order valence-corrected chi connectivity index (χ0v) is 14.4. The normalized spacial score (nSPS) is 17.2. The average molecular weight is 352 g/mol. The summed E-state index contributed by atoms with van der Waals surface area (Å²) in [6.07, 6.45) is 4.08. The molecule has 1 unspecified atom stereocenters. The molecule has 0 aliphatic carbocycles. The summed E-state index contributed by atoms with van der Waals surface area (Å²) in [7, 11) is 0. The van der Waals surface area contributed by atoms with Crippen LogP contribution in [0.5, 0.6) is 0 Å². The van der Waals surface area contributed by atoms with Crippen LogP contribution in [0.4, 0.5) is 5.69 Å². The highest BCUT2D eigenvalue weighted by Crippen LogP contribution is 2.32. The van der Waals surface area contributed by atoms with Crippen molar-refractivity contribution in [1.82, 2.24) is 15.1 Å². The minimum absolute atomic E-state index is 0.0763. The number of benzene rings is 1. The quantitative estimate of drug-likeness (QED) is 0.670. The molecule has 1 aliphatic rings. The lowest BCUT2D eigenvalue weighted by atomic mass is 10.1. The van der Waals surface area contributed by atoms with E-state index in [2.05, 4.69) is 15.1 Å². The van der Waals surface area contributed by atoms with E-state index >= 15 is 0 Å². The molecule has 3 heterocycles. The van der Waals surface area contributed by atoms with Crippen molar-refractivity contribution < 1.29 is 9.32 Å². The Bertz CT molecular complexity index is 897. The van der Waals surface area contributed by atoms with E-state index in [0.29, 0.717) is 30.4 Å². The number of thioether (sulfide) groups is 1. The molecule has 1 fully saturated rings. The van der Waals surface area contributed by atoms with Crippen LogP contribution in [0.1, 0.15) is 18.2 Å². The van der Waals surface area contributed by atoms with Crippen LogP contribution in [0.3, 0.4) is 0 Å². The van der Waals surface area contributed by atoms with Gasteiger partial charge in [-0.15, -0.1) is 11.8 Å². The molecular formula is C18H16N4O2S. The van der Waals surface area contributed by atoms with E-state index < -0.39 is 0 Å². The van der Waals surface area contributed by atoms with Gasteiger partial charge in [0, 0.05) is 35.7 Å². The Labute approximate surface area is 149 Å². The number of aromatic nitrogens is 3. The molecule has 6 nitrogen and oxygen atoms in total. The van der Waals surface area contributed by atoms with Gasteiger partial charge in [-0.3, -0.25) is 9.78 Å². The van der Waals surface area contributed by atoms with Gasteiger partial charge in [0.15, 0.2) is 5.82 Å². The Morgan fingerprint density at radius 1 is 1.24 bits per heavy atom. The molecule has 0 bridgehead atoms. The first kappa shape index (κ1) is 15.8. The predicted octanol–water partition coefficient (Wildman–Crippen LogP) is 3.37. The van der Waals surface area contributed by atoms with E-state index in [0.717, 1.165) is 10.6 Å². The number of amides is 1. The van der Waals surface area contributed by atoms with Crippen LogP contribution >= 0.6 is 11.8 Å². The van der Waals surface area contributed by atoms with Gasteiger partial charge < -0.3 is 9.42 Å². The molecule has 1 saturated heterocycles. The second-order valence-corrected chi connectivity index (χ2v) is 6.66. The topological polar surface area (TPSA) is 72.1 Å². The van der Waals surface area contributed by atoms with E-state index in [-0.39, 0.29) is 11.8 Å². The Hall–Kier alpha value is -2.67. The lowest BCUT2D eigenvalue weighted by Gasteiger charge is -2.16. The Morgan fingerprint density at radius 2 is 2.16 bits per heavy atom. The maximum absolute atomic E-state index is 12.5. The van der Waals surface area contributed by atoms with Gasteiger partial charge in [-0.05, 0) is 36.6 Å². The van der Waals surface area contributed by atoms with Gasteiger partial charge in [0.2, 0.25) is 5.91 Å². The van der Waals surface area contributed by atoms with Crippen LogP contribution in [0, 0.1) is 0 Å². The van der Waals surface area contributed by atoms with Crippen molar-refractivity contribution in [2.24, 2.45) is 0 Å². The zero-order valence-electron chi connectivity index (χ0n) is 13.6. The van der Waals surface area contributed by atoms with Gasteiger partial charge in [0.25, 0.3) is 5.89 Å². The summed E-state index contributed by atoms with van der Waals surface area (Å²) < 4.78 is 5.32. The fraction of sp³-hybridized carbons (Fsp3) is 0.222. The summed E-state index contributed by atoms with van der Waals surface area (Å²) in [4.78, 5) is 24.0. The molecule has 1 aliphatic heterocycles. The number of hydrogen-bond donors (Lipinski definition) is 0. The van der Waals surface area contributed by atoms with Crippen molar-refractivity contribution in [2.75, 3.05) is 17.7 Å². The highest BCUT2D eigenvalue weighted by Gasteiger charge is 2.34. The summed E-state index contributed by atoms with van der Waals surface area (Å²) in [5.41, 5.74) is 1.54. The molecule has 25 heavy (non-hydrogen) atoms. The number of hydrogen-bond acceptors (Lipinski definition) is 6. The highest BCUT2D eigenvalue weighted by atomic mass is 32.2. The lowest BCUT2D eigenvalue weighted by molar-refractivity contribution is -0.117. The molecule has 0 saturated carbocycles. The summed E-state index contributed by atoms with van der Waals surface area (Å²) in [5.74, 6) is 0.933. The standard InChI is InChI=1S/C18H16N4O2S/c1-25-14-6-4-5-13(10-14)22-11-12(9-16(22)23)17-20-18(24-21-17)15-7-2-3-8-19-15/h2-8,10,12H,9,11H2,1H3. The van der Waals surface area contributed by atoms with Crippen molar-refractivity contribution in [3.05, 3.63) is 54.5 Å². The maximum atomic E-state index is 12.5. The van der Waals surface area contributed by atoms with Crippen LogP contribution in [-0.2, 0) is 4.79 Å². The summed E-state index contributed by atoms with van der Waals surface area (Å²) in [5, 5.41) is 4.06. The predicted molar refractivity (Wildman–Crippen MR) is 95.5 cm³/mol. The van der Waals surface area contributed by atoms with E-state index in [1.807, 2.05) is 48.7 Å². The van der Waals surface area contributed by atoms with Crippen molar-refractivity contribution >= 4 is 23.4 Å². The maximum Gasteiger partial charge on any atom is 0.276 e. The summed E-state index contributed by atoms with van der Waals surface area (Å²) in [6, 6.07) is 13.5. The van der Waals surface area contributed by atoms with Gasteiger partial charge in [-0.2, -0.15) is 4.98 Å². The Morgan fingerprint density at radius 3 is 2.96 bits per heavy atom. The molecule has 7 heteroatoms. The third kappa shape index (κ3) is 3.15. The first-order valence-corrected chi connectivity index (χ1v) is 9.16. The highest BCUT2D eigenvalue weighted by molar-refractivity contribution is 7.98. The van der Waals surface area contributed by atoms with E-state index in [1.54, 1.807) is 22.9 Å². The largest absolute Gasteiger partial charge is 0.332 e. The molecule has 4 rings (SSSR count). The molecule has 2 aromatic heterocycles. The molecule has 0 spiro atoms. The van der Waals surface area contributed by atoms with Crippen LogP contribution in [-0.4, -0.2) is 33.8 Å². The van der Waals surface area contributed by atoms with E-state index in [1.165, 1.54) is 0 Å². The minimum atomic E-state index is -0.0772. The second-order valence-electron chi connectivity index (χ2n) is 5.78. The lowest BCUT2D eigenvalue weighted by Crippen LogP contribution is -2.24. The molecular weight excluding hydrogens is 336 g/mol. The molecule has 1 aromatic carbocycles. The number of carbonyl (C=O) groups excluding carboxylic acids is 1. The van der Waals surface area contributed by atoms with Crippen LogP contribution in [0.25, 0.3) is 11.6 Å². The zero-order chi connectivity index (χ0) is 17.2. The van der Waals surface area contributed by atoms with Crippen LogP contribution < -0.4 is 4.90 Å². The molecule has 0 N–H and O–H groups in total. The molecule has 1 atom stereocenters. The number of nitrogens with zero attached hydrogens (tertiary/aromatic N) is 4. The summed E-state index contributed by atoms with van der Waals surface area (Å²) in [6.45, 7) is 0.553. The van der Waals surface area contributed by atoms with Crippen LogP contribution in [0.15, 0.2) is 58.1 Å². The molecule has 0 radical (unpaired) electrons. The third-order valence-electron chi connectivity index (χ3n) is 4.18. The second kappa shape index (κ2) is 6.68. The van der Waals surface area contributed by atoms with Crippen molar-refractivity contribution in [3.63, 3.8) is 0 Å². The smallest absolute Gasteiger partial charge is 0.276 e. The Balaban J connectivity index is 1.55. The molecule has 126 valence electrons. The number of anilines is 1. The van der Waals surface area contributed by atoms with Gasteiger partial charge in [-0.25, -0.2) is 0 Å². The minimum Gasteiger partial charge on any atom is -0.332 e. The van der Waals surface area contributed by atoms with Gasteiger partial charge in [0.1, 0.15) is 5.69 Å². The monoisotopic (exact) mass is 352 g/mol. The average Bonchev–Trinajstić information content (AvgIpc) is 3.29. The SMILES string of the molecule is CSc1cccc(N2CC(c3noc(-c4ccccn4)n3)CC2=O)c1. The van der Waals surface area contributed by atoms with Crippen molar-refractivity contribution in [2.45, 2.75) is 17.2 Å². The molecule has 3 aromatic rings. The summed E-state index contributed by atoms with van der Waals surface area (Å²) >= 11 is 1.66. The number of pyridine rings is 1. The number of carbonyl (C=O) groups is 1. The van der Waals surface area contributed by atoms with Crippen molar-refractivity contribution in [3.8, 4) is 11.6 Å². The van der Waals surface area contributed by atoms with Crippen molar-refractivity contribution in [1.29, 1.82) is 0 Å². The third-order valence-corrected chi connectivity index (χ3v) is 4.91. The van der Waals surface area contributed by atoms with Crippen LogP contribution in [0.2, 0.25) is 0 Å². The fourth-order valence-corrected chi connectivity index (χ4v) is 3.36. The molecule has 1 amide bonds.